The standard InChI is InChI=1S/C13H21NO4S2/c15-8-6-12-4-5-13(19-12)20(16,17)14-7-1-9-18-10-11-2-3-11/h4-5,11,14-15H,1-3,6-10H2. The van der Waals surface area contributed by atoms with E-state index < -0.39 is 10.0 Å². The lowest BCUT2D eigenvalue weighted by molar-refractivity contribution is 0.123. The van der Waals surface area contributed by atoms with Crippen molar-refractivity contribution in [3.8, 4) is 0 Å². The molecule has 1 aromatic rings. The predicted octanol–water partition coefficient (Wildman–Crippen LogP) is 1.38. The van der Waals surface area contributed by atoms with Crippen LogP contribution in [-0.4, -0.2) is 39.9 Å². The van der Waals surface area contributed by atoms with Gasteiger partial charge in [-0.25, -0.2) is 13.1 Å². The third-order valence-electron chi connectivity index (χ3n) is 3.07. The number of ether oxygens (including phenoxy) is 1. The molecule has 7 heteroatoms. The van der Waals surface area contributed by atoms with E-state index in [-0.39, 0.29) is 6.61 Å². The van der Waals surface area contributed by atoms with Crippen molar-refractivity contribution in [2.45, 2.75) is 29.9 Å². The zero-order valence-corrected chi connectivity index (χ0v) is 13.0. The Morgan fingerprint density at radius 3 is 2.90 bits per heavy atom. The van der Waals surface area contributed by atoms with E-state index in [9.17, 15) is 8.42 Å². The summed E-state index contributed by atoms with van der Waals surface area (Å²) in [6.07, 6.45) is 3.71. The minimum Gasteiger partial charge on any atom is -0.396 e. The Bertz CT molecular complexity index is 508. The fraction of sp³-hybridized carbons (Fsp3) is 0.692. The zero-order valence-electron chi connectivity index (χ0n) is 11.4. The van der Waals surface area contributed by atoms with Crippen LogP contribution in [0.15, 0.2) is 16.3 Å². The monoisotopic (exact) mass is 319 g/mol. The summed E-state index contributed by atoms with van der Waals surface area (Å²) in [5, 5.41) is 8.83. The van der Waals surface area contributed by atoms with Gasteiger partial charge in [-0.15, -0.1) is 11.3 Å². The normalized spacial score (nSPS) is 15.7. The summed E-state index contributed by atoms with van der Waals surface area (Å²) >= 11 is 1.20. The summed E-state index contributed by atoms with van der Waals surface area (Å²) < 4.78 is 32.3. The molecular weight excluding hydrogens is 298 g/mol. The molecule has 0 aliphatic heterocycles. The molecule has 0 amide bonds. The van der Waals surface area contributed by atoms with Gasteiger partial charge in [0.25, 0.3) is 0 Å². The van der Waals surface area contributed by atoms with Gasteiger partial charge in [-0.1, -0.05) is 0 Å². The second-order valence-electron chi connectivity index (χ2n) is 4.96. The van der Waals surface area contributed by atoms with Gasteiger partial charge in [0.05, 0.1) is 0 Å². The summed E-state index contributed by atoms with van der Waals surface area (Å²) in [5.74, 6) is 0.739. The Balaban J connectivity index is 1.68. The van der Waals surface area contributed by atoms with E-state index >= 15 is 0 Å². The van der Waals surface area contributed by atoms with Crippen molar-refractivity contribution in [3.05, 3.63) is 17.0 Å². The smallest absolute Gasteiger partial charge is 0.250 e. The number of aliphatic hydroxyl groups is 1. The van der Waals surface area contributed by atoms with Crippen molar-refractivity contribution >= 4 is 21.4 Å². The maximum atomic E-state index is 12.0. The molecule has 5 nitrogen and oxygen atoms in total. The Morgan fingerprint density at radius 1 is 1.40 bits per heavy atom. The zero-order chi connectivity index (χ0) is 14.4. The largest absolute Gasteiger partial charge is 0.396 e. The molecule has 0 spiro atoms. The third kappa shape index (κ3) is 5.14. The molecule has 1 heterocycles. The van der Waals surface area contributed by atoms with E-state index in [1.807, 2.05) is 0 Å². The third-order valence-corrected chi connectivity index (χ3v) is 6.17. The average Bonchev–Trinajstić information content (AvgIpc) is 3.11. The summed E-state index contributed by atoms with van der Waals surface area (Å²) in [6, 6.07) is 3.33. The van der Waals surface area contributed by atoms with Gasteiger partial charge in [-0.3, -0.25) is 0 Å². The molecule has 1 saturated carbocycles. The number of hydrogen-bond acceptors (Lipinski definition) is 5. The molecule has 1 aliphatic carbocycles. The minimum atomic E-state index is -3.42. The maximum absolute atomic E-state index is 12.0. The lowest BCUT2D eigenvalue weighted by atomic mass is 10.4. The number of hydrogen-bond donors (Lipinski definition) is 2. The second-order valence-corrected chi connectivity index (χ2v) is 8.13. The predicted molar refractivity (Wildman–Crippen MR) is 78.5 cm³/mol. The van der Waals surface area contributed by atoms with Crippen LogP contribution in [0, 0.1) is 5.92 Å². The van der Waals surface area contributed by atoms with Gasteiger partial charge in [0.2, 0.25) is 10.0 Å². The number of aliphatic hydroxyl groups excluding tert-OH is 1. The summed E-state index contributed by atoms with van der Waals surface area (Å²) in [4.78, 5) is 0.876. The van der Waals surface area contributed by atoms with Gasteiger partial charge < -0.3 is 9.84 Å². The van der Waals surface area contributed by atoms with Gasteiger partial charge >= 0.3 is 0 Å². The fourth-order valence-corrected chi connectivity index (χ4v) is 4.20. The van der Waals surface area contributed by atoms with Gasteiger partial charge in [-0.05, 0) is 37.3 Å². The van der Waals surface area contributed by atoms with Gasteiger partial charge in [0.15, 0.2) is 0 Å². The summed E-state index contributed by atoms with van der Waals surface area (Å²) in [5.41, 5.74) is 0. The first-order valence-electron chi connectivity index (χ1n) is 6.89. The molecule has 0 atom stereocenters. The minimum absolute atomic E-state index is 0.0335. The van der Waals surface area contributed by atoms with Crippen LogP contribution in [-0.2, 0) is 21.2 Å². The van der Waals surface area contributed by atoms with E-state index in [2.05, 4.69) is 4.72 Å². The lowest BCUT2D eigenvalue weighted by Gasteiger charge is -2.05. The van der Waals surface area contributed by atoms with Crippen molar-refractivity contribution in [2.75, 3.05) is 26.4 Å². The van der Waals surface area contributed by atoms with Gasteiger partial charge in [0.1, 0.15) is 4.21 Å². The first-order chi connectivity index (χ1) is 9.62. The summed E-state index contributed by atoms with van der Waals surface area (Å²) in [6.45, 7) is 1.83. The molecule has 0 aromatic carbocycles. The van der Waals surface area contributed by atoms with E-state index in [1.54, 1.807) is 12.1 Å². The molecule has 0 radical (unpaired) electrons. The molecule has 1 aromatic heterocycles. The molecule has 20 heavy (non-hydrogen) atoms. The Labute approximate surface area is 124 Å². The molecule has 2 N–H and O–H groups in total. The molecule has 1 aliphatic rings. The molecule has 0 unspecified atom stereocenters. The van der Waals surface area contributed by atoms with Crippen molar-refractivity contribution in [3.63, 3.8) is 0 Å². The summed E-state index contributed by atoms with van der Waals surface area (Å²) in [7, 11) is -3.42. The number of nitrogens with one attached hydrogen (secondary N) is 1. The quantitative estimate of drug-likeness (QED) is 0.639. The van der Waals surface area contributed by atoms with Crippen molar-refractivity contribution < 1.29 is 18.3 Å². The highest BCUT2D eigenvalue weighted by Gasteiger charge is 2.21. The van der Waals surface area contributed by atoms with Crippen molar-refractivity contribution in [1.29, 1.82) is 0 Å². The van der Waals surface area contributed by atoms with Gasteiger partial charge in [0, 0.05) is 37.7 Å². The number of sulfonamides is 1. The highest BCUT2D eigenvalue weighted by molar-refractivity contribution is 7.91. The molecule has 114 valence electrons. The molecule has 0 saturated heterocycles. The van der Waals surface area contributed by atoms with Crippen LogP contribution < -0.4 is 4.72 Å². The van der Waals surface area contributed by atoms with Crippen LogP contribution >= 0.6 is 11.3 Å². The van der Waals surface area contributed by atoms with Crippen LogP contribution in [0.5, 0.6) is 0 Å². The van der Waals surface area contributed by atoms with Crippen LogP contribution in [0.3, 0.4) is 0 Å². The molecule has 1 fully saturated rings. The van der Waals surface area contributed by atoms with Crippen molar-refractivity contribution in [1.82, 2.24) is 4.72 Å². The maximum Gasteiger partial charge on any atom is 0.250 e. The SMILES string of the molecule is O=S(=O)(NCCCOCC1CC1)c1ccc(CCO)s1. The second kappa shape index (κ2) is 7.51. The van der Waals surface area contributed by atoms with E-state index in [0.29, 0.717) is 30.2 Å². The first-order valence-corrected chi connectivity index (χ1v) is 9.19. The number of thiophene rings is 1. The van der Waals surface area contributed by atoms with Crippen LogP contribution in [0.4, 0.5) is 0 Å². The van der Waals surface area contributed by atoms with Crippen molar-refractivity contribution in [2.24, 2.45) is 5.92 Å². The number of rotatable bonds is 10. The lowest BCUT2D eigenvalue weighted by Crippen LogP contribution is -2.24. The Hall–Kier alpha value is -0.470. The van der Waals surface area contributed by atoms with Gasteiger partial charge in [-0.2, -0.15) is 0 Å². The first kappa shape index (κ1) is 15.9. The highest BCUT2D eigenvalue weighted by atomic mass is 32.2. The molecule has 2 rings (SSSR count). The Kier molecular flexibility index (Phi) is 5.98. The van der Waals surface area contributed by atoms with E-state index in [0.717, 1.165) is 17.4 Å². The van der Waals surface area contributed by atoms with Crippen LogP contribution in [0.2, 0.25) is 0 Å². The Morgan fingerprint density at radius 2 is 2.20 bits per heavy atom. The average molecular weight is 319 g/mol. The molecular formula is C13H21NO4S2. The van der Waals surface area contributed by atoms with Crippen LogP contribution in [0.25, 0.3) is 0 Å². The molecule has 0 bridgehead atoms. The highest BCUT2D eigenvalue weighted by Crippen LogP contribution is 2.28. The van der Waals surface area contributed by atoms with E-state index in [1.165, 1.54) is 24.2 Å². The van der Waals surface area contributed by atoms with Crippen LogP contribution in [0.1, 0.15) is 24.1 Å². The fourth-order valence-electron chi connectivity index (χ4n) is 1.73. The topological polar surface area (TPSA) is 75.6 Å². The van der Waals surface area contributed by atoms with E-state index in [4.69, 9.17) is 9.84 Å².